The van der Waals surface area contributed by atoms with Crippen LogP contribution in [0.5, 0.6) is 0 Å². The van der Waals surface area contributed by atoms with Gasteiger partial charge in [-0.1, -0.05) is 20.3 Å². The molecule has 0 aromatic rings. The zero-order chi connectivity index (χ0) is 20.3. The number of halogens is 1. The van der Waals surface area contributed by atoms with E-state index < -0.39 is 5.60 Å². The minimum atomic E-state index is -0.565. The molecule has 0 aromatic heterocycles. The first kappa shape index (κ1) is 20.8. The summed E-state index contributed by atoms with van der Waals surface area (Å²) in [7, 11) is 0. The van der Waals surface area contributed by atoms with Gasteiger partial charge >= 0.3 is 0 Å². The maximum atomic E-state index is 15.3. The minimum absolute atomic E-state index is 0.0213. The van der Waals surface area contributed by atoms with Gasteiger partial charge in [0.1, 0.15) is 5.83 Å². The molecule has 0 aliphatic heterocycles. The van der Waals surface area contributed by atoms with E-state index in [1.807, 2.05) is 13.8 Å². The lowest BCUT2D eigenvalue weighted by atomic mass is 9.47. The van der Waals surface area contributed by atoms with Crippen molar-refractivity contribution >= 4 is 0 Å². The van der Waals surface area contributed by atoms with Crippen molar-refractivity contribution in [3.63, 3.8) is 0 Å². The van der Waals surface area contributed by atoms with Gasteiger partial charge in [-0.25, -0.2) is 4.39 Å². The van der Waals surface area contributed by atoms with Crippen LogP contribution < -0.4 is 0 Å². The number of allylic oxidation sites excluding steroid dienone is 1. The first-order valence-electron chi connectivity index (χ1n) is 11.8. The van der Waals surface area contributed by atoms with Gasteiger partial charge in [0.2, 0.25) is 0 Å². The molecule has 0 spiro atoms. The van der Waals surface area contributed by atoms with E-state index in [1.54, 1.807) is 0 Å². The van der Waals surface area contributed by atoms with Gasteiger partial charge in [0.25, 0.3) is 0 Å². The van der Waals surface area contributed by atoms with Crippen LogP contribution in [0.2, 0.25) is 0 Å². The zero-order valence-corrected chi connectivity index (χ0v) is 18.4. The highest BCUT2D eigenvalue weighted by atomic mass is 19.1. The second kappa shape index (κ2) is 7.08. The van der Waals surface area contributed by atoms with Gasteiger partial charge in [0.15, 0.2) is 0 Å². The molecule has 3 fully saturated rings. The Kier molecular flexibility index (Phi) is 5.27. The monoisotopic (exact) mass is 392 g/mol. The lowest BCUT2D eigenvalue weighted by Gasteiger charge is -2.58. The molecule has 0 aromatic carbocycles. The number of fused-ring (bicyclic) bond motifs is 5. The maximum absolute atomic E-state index is 15.3. The molecule has 2 N–H and O–H groups in total. The van der Waals surface area contributed by atoms with Crippen LogP contribution in [0.1, 0.15) is 98.3 Å². The predicted octanol–water partition coefficient (Wildman–Crippen LogP) is 6.16. The van der Waals surface area contributed by atoms with Gasteiger partial charge in [0, 0.05) is 6.42 Å². The van der Waals surface area contributed by atoms with E-state index in [1.165, 1.54) is 32.1 Å². The van der Waals surface area contributed by atoms with Gasteiger partial charge in [-0.2, -0.15) is 0 Å². The summed E-state index contributed by atoms with van der Waals surface area (Å²) < 4.78 is 15.3. The van der Waals surface area contributed by atoms with E-state index in [0.29, 0.717) is 36.0 Å². The normalized spacial score (nSPS) is 46.2. The fourth-order valence-corrected chi connectivity index (χ4v) is 8.08. The lowest BCUT2D eigenvalue weighted by molar-refractivity contribution is -0.0579. The molecule has 2 nitrogen and oxygen atoms in total. The Morgan fingerprint density at radius 3 is 2.50 bits per heavy atom. The van der Waals surface area contributed by atoms with Crippen LogP contribution in [0.25, 0.3) is 0 Å². The topological polar surface area (TPSA) is 40.5 Å². The van der Waals surface area contributed by atoms with Gasteiger partial charge in [0.05, 0.1) is 11.7 Å². The summed E-state index contributed by atoms with van der Waals surface area (Å²) in [5.41, 5.74) is 0.732. The van der Waals surface area contributed by atoms with Gasteiger partial charge in [-0.05, 0) is 112 Å². The Balaban J connectivity index is 1.53. The third kappa shape index (κ3) is 3.39. The third-order valence-corrected chi connectivity index (χ3v) is 9.66. The van der Waals surface area contributed by atoms with Gasteiger partial charge in [-0.15, -0.1) is 0 Å². The highest BCUT2D eigenvalue weighted by Crippen LogP contribution is 2.67. The average Bonchev–Trinajstić information content (AvgIpc) is 2.93. The summed E-state index contributed by atoms with van der Waals surface area (Å²) in [4.78, 5) is 0. The van der Waals surface area contributed by atoms with Crippen LogP contribution in [0.15, 0.2) is 11.4 Å². The first-order chi connectivity index (χ1) is 13.0. The summed E-state index contributed by atoms with van der Waals surface area (Å²) in [5.74, 6) is 2.59. The van der Waals surface area contributed by atoms with Crippen LogP contribution in [0.3, 0.4) is 0 Å². The molecule has 0 heterocycles. The van der Waals surface area contributed by atoms with Crippen LogP contribution in [-0.2, 0) is 0 Å². The Morgan fingerprint density at radius 1 is 1.04 bits per heavy atom. The summed E-state index contributed by atoms with van der Waals surface area (Å²) in [5, 5.41) is 20.2. The minimum Gasteiger partial charge on any atom is -0.393 e. The number of aliphatic hydroxyl groups excluding tert-OH is 1. The summed E-state index contributed by atoms with van der Waals surface area (Å²) in [6.45, 7) is 8.63. The SMILES string of the molecule is CC(C)(O)CCCC1CCC2C3CC(F)=C4CC(O)CCC4(C)C3CCC12C. The second-order valence-electron chi connectivity index (χ2n) is 11.8. The summed E-state index contributed by atoms with van der Waals surface area (Å²) in [6, 6.07) is 0. The highest BCUT2D eigenvalue weighted by Gasteiger charge is 2.59. The van der Waals surface area contributed by atoms with E-state index in [9.17, 15) is 10.2 Å². The molecule has 4 rings (SSSR count). The fourth-order valence-electron chi connectivity index (χ4n) is 8.08. The molecule has 7 unspecified atom stereocenters. The van der Waals surface area contributed by atoms with Crippen LogP contribution >= 0.6 is 0 Å². The summed E-state index contributed by atoms with van der Waals surface area (Å²) in [6.07, 6.45) is 10.8. The molecule has 0 bridgehead atoms. The third-order valence-electron chi connectivity index (χ3n) is 9.66. The first-order valence-corrected chi connectivity index (χ1v) is 11.8. The van der Waals surface area contributed by atoms with Crippen LogP contribution in [0.4, 0.5) is 4.39 Å². The largest absolute Gasteiger partial charge is 0.393 e. The average molecular weight is 393 g/mol. The smallest absolute Gasteiger partial charge is 0.100 e. The van der Waals surface area contributed by atoms with Crippen molar-refractivity contribution in [3.05, 3.63) is 11.4 Å². The van der Waals surface area contributed by atoms with Crippen molar-refractivity contribution < 1.29 is 14.6 Å². The van der Waals surface area contributed by atoms with Gasteiger partial charge < -0.3 is 10.2 Å². The van der Waals surface area contributed by atoms with Crippen molar-refractivity contribution in [2.24, 2.45) is 34.5 Å². The predicted molar refractivity (Wildman–Crippen MR) is 111 cm³/mol. The second-order valence-corrected chi connectivity index (χ2v) is 11.8. The van der Waals surface area contributed by atoms with E-state index in [4.69, 9.17) is 0 Å². The number of aliphatic hydroxyl groups is 2. The van der Waals surface area contributed by atoms with Crippen molar-refractivity contribution in [2.75, 3.05) is 0 Å². The van der Waals surface area contributed by atoms with Crippen molar-refractivity contribution in [1.29, 1.82) is 0 Å². The molecule has 7 atom stereocenters. The van der Waals surface area contributed by atoms with E-state index in [-0.39, 0.29) is 17.3 Å². The Morgan fingerprint density at radius 2 is 1.79 bits per heavy atom. The van der Waals surface area contributed by atoms with Crippen molar-refractivity contribution in [2.45, 2.75) is 110 Å². The van der Waals surface area contributed by atoms with E-state index in [0.717, 1.165) is 37.2 Å². The molecular weight excluding hydrogens is 351 g/mol. The van der Waals surface area contributed by atoms with Gasteiger partial charge in [-0.3, -0.25) is 0 Å². The Hall–Kier alpha value is -0.410. The van der Waals surface area contributed by atoms with E-state index in [2.05, 4.69) is 13.8 Å². The molecule has 0 radical (unpaired) electrons. The Labute approximate surface area is 171 Å². The zero-order valence-electron chi connectivity index (χ0n) is 18.4. The molecular formula is C25H41FO2. The van der Waals surface area contributed by atoms with Crippen molar-refractivity contribution in [3.8, 4) is 0 Å². The van der Waals surface area contributed by atoms with Crippen LogP contribution in [-0.4, -0.2) is 21.9 Å². The highest BCUT2D eigenvalue weighted by molar-refractivity contribution is 5.28. The Bertz CT molecular complexity index is 635. The lowest BCUT2D eigenvalue weighted by Crippen LogP contribution is -2.51. The van der Waals surface area contributed by atoms with Crippen molar-refractivity contribution in [1.82, 2.24) is 0 Å². The number of hydrogen-bond acceptors (Lipinski definition) is 2. The molecule has 160 valence electrons. The van der Waals surface area contributed by atoms with Crippen LogP contribution in [0, 0.1) is 34.5 Å². The maximum Gasteiger partial charge on any atom is 0.100 e. The molecule has 28 heavy (non-hydrogen) atoms. The quantitative estimate of drug-likeness (QED) is 0.601. The standard InChI is InChI=1S/C25H41FO2/c1-23(2,28)11-5-6-16-7-8-19-18-15-22(26)21-14-17(27)9-12-25(21,4)20(18)10-13-24(16,19)3/h16-20,27-28H,5-15H2,1-4H3. The summed E-state index contributed by atoms with van der Waals surface area (Å²) >= 11 is 0. The fraction of sp³-hybridized carbons (Fsp3) is 0.920. The number of rotatable bonds is 4. The molecule has 3 heteroatoms. The molecule has 3 saturated carbocycles. The van der Waals surface area contributed by atoms with E-state index >= 15 is 4.39 Å². The molecule has 0 saturated heterocycles. The molecule has 0 amide bonds. The molecule has 4 aliphatic carbocycles. The number of hydrogen-bond donors (Lipinski definition) is 2. The molecule has 4 aliphatic rings.